The second-order valence-corrected chi connectivity index (χ2v) is 7.89. The normalized spacial score (nSPS) is 41.1. The molecule has 0 saturated heterocycles. The minimum atomic E-state index is 0.165. The third kappa shape index (κ3) is 1.47. The van der Waals surface area contributed by atoms with Crippen LogP contribution in [-0.2, 0) is 18.3 Å². The lowest BCUT2D eigenvalue weighted by Crippen LogP contribution is -2.50. The van der Waals surface area contributed by atoms with Gasteiger partial charge in [0, 0.05) is 11.0 Å². The van der Waals surface area contributed by atoms with Gasteiger partial charge in [-0.25, -0.2) is 4.98 Å². The maximum absolute atomic E-state index is 12.3. The van der Waals surface area contributed by atoms with Crippen molar-refractivity contribution >= 4 is 0 Å². The van der Waals surface area contributed by atoms with Crippen LogP contribution in [0.1, 0.15) is 62.0 Å². The fraction of sp³-hybridized carbons (Fsp3) is 0.765. The number of nitrogens with zero attached hydrogens (tertiary/aromatic N) is 1. The third-order valence-corrected chi connectivity index (χ3v) is 6.48. The number of hydrogen-bond acceptors (Lipinski definition) is 2. The topological polar surface area (TPSA) is 45.8 Å². The number of nitrogens with one attached hydrogen (secondary N) is 1. The lowest BCUT2D eigenvalue weighted by molar-refractivity contribution is -0.00960. The van der Waals surface area contributed by atoms with Crippen molar-refractivity contribution in [1.82, 2.24) is 9.97 Å². The van der Waals surface area contributed by atoms with E-state index in [-0.39, 0.29) is 11.0 Å². The van der Waals surface area contributed by atoms with Crippen LogP contribution in [0.3, 0.4) is 0 Å². The van der Waals surface area contributed by atoms with Crippen molar-refractivity contribution in [3.63, 3.8) is 0 Å². The molecule has 0 amide bonds. The van der Waals surface area contributed by atoms with Gasteiger partial charge in [-0.05, 0) is 75.5 Å². The fourth-order valence-electron chi connectivity index (χ4n) is 6.09. The molecule has 4 bridgehead atoms. The maximum Gasteiger partial charge on any atom is 0.254 e. The summed E-state index contributed by atoms with van der Waals surface area (Å²) < 4.78 is 0. The molecule has 0 atom stereocenters. The largest absolute Gasteiger partial charge is 0.310 e. The number of fused-ring (bicyclic) bond motifs is 1. The molecular weight excluding hydrogens is 248 g/mol. The maximum atomic E-state index is 12.3. The molecule has 1 N–H and O–H groups in total. The molecule has 6 rings (SSSR count). The SMILES string of the molecule is O=c1[nH]c(C23CC4CC(CC(C4)C2)C3)nc2c1CCC2. The molecule has 20 heavy (non-hydrogen) atoms. The number of hydrogen-bond donors (Lipinski definition) is 1. The molecule has 3 heteroatoms. The average Bonchev–Trinajstić information content (AvgIpc) is 2.86. The van der Waals surface area contributed by atoms with Crippen LogP contribution in [0.15, 0.2) is 4.79 Å². The van der Waals surface area contributed by atoms with E-state index >= 15 is 0 Å². The van der Waals surface area contributed by atoms with Gasteiger partial charge >= 0.3 is 0 Å². The molecule has 1 heterocycles. The van der Waals surface area contributed by atoms with Crippen molar-refractivity contribution in [2.24, 2.45) is 17.8 Å². The highest BCUT2D eigenvalue weighted by Gasteiger charge is 2.53. The van der Waals surface area contributed by atoms with E-state index in [4.69, 9.17) is 4.98 Å². The Labute approximate surface area is 119 Å². The Hall–Kier alpha value is -1.12. The Balaban J connectivity index is 1.63. The van der Waals surface area contributed by atoms with Crippen molar-refractivity contribution in [3.8, 4) is 0 Å². The van der Waals surface area contributed by atoms with Crippen molar-refractivity contribution in [2.45, 2.75) is 63.2 Å². The first-order chi connectivity index (χ1) is 9.72. The summed E-state index contributed by atoms with van der Waals surface area (Å²) in [4.78, 5) is 20.5. The number of aromatic nitrogens is 2. The average molecular weight is 270 g/mol. The van der Waals surface area contributed by atoms with Gasteiger partial charge in [-0.1, -0.05) is 0 Å². The highest BCUT2D eigenvalue weighted by molar-refractivity contribution is 5.26. The number of aromatic amines is 1. The zero-order chi connectivity index (χ0) is 13.3. The smallest absolute Gasteiger partial charge is 0.254 e. The Kier molecular flexibility index (Phi) is 2.16. The van der Waals surface area contributed by atoms with Crippen LogP contribution in [0.25, 0.3) is 0 Å². The van der Waals surface area contributed by atoms with Crippen molar-refractivity contribution in [3.05, 3.63) is 27.4 Å². The van der Waals surface area contributed by atoms with Gasteiger partial charge in [-0.3, -0.25) is 4.79 Å². The summed E-state index contributed by atoms with van der Waals surface area (Å²) in [6.07, 6.45) is 11.2. The van der Waals surface area contributed by atoms with Crippen LogP contribution in [-0.4, -0.2) is 9.97 Å². The van der Waals surface area contributed by atoms with Gasteiger partial charge in [0.1, 0.15) is 5.82 Å². The van der Waals surface area contributed by atoms with Crippen LogP contribution >= 0.6 is 0 Å². The van der Waals surface area contributed by atoms with Crippen LogP contribution in [0.5, 0.6) is 0 Å². The van der Waals surface area contributed by atoms with E-state index in [0.29, 0.717) is 0 Å². The zero-order valence-corrected chi connectivity index (χ0v) is 12.0. The molecule has 0 radical (unpaired) electrons. The van der Waals surface area contributed by atoms with E-state index < -0.39 is 0 Å². The zero-order valence-electron chi connectivity index (χ0n) is 12.0. The summed E-state index contributed by atoms with van der Waals surface area (Å²) in [7, 11) is 0. The highest BCUT2D eigenvalue weighted by Crippen LogP contribution is 2.60. The van der Waals surface area contributed by atoms with Gasteiger partial charge < -0.3 is 4.98 Å². The van der Waals surface area contributed by atoms with Crippen LogP contribution in [0, 0.1) is 17.8 Å². The van der Waals surface area contributed by atoms with Crippen molar-refractivity contribution in [2.75, 3.05) is 0 Å². The van der Waals surface area contributed by atoms with Crippen LogP contribution in [0.2, 0.25) is 0 Å². The molecule has 3 nitrogen and oxygen atoms in total. The van der Waals surface area contributed by atoms with Gasteiger partial charge in [-0.2, -0.15) is 0 Å². The Morgan fingerprint density at radius 3 is 2.30 bits per heavy atom. The summed E-state index contributed by atoms with van der Waals surface area (Å²) in [5.74, 6) is 3.77. The minimum Gasteiger partial charge on any atom is -0.310 e. The van der Waals surface area contributed by atoms with Crippen LogP contribution < -0.4 is 5.56 Å². The van der Waals surface area contributed by atoms with E-state index in [0.717, 1.165) is 54.1 Å². The standard InChI is InChI=1S/C17H22N2O/c20-15-13-2-1-3-14(13)18-16(19-15)17-7-10-4-11(8-17)6-12(5-10)9-17/h10-12H,1-9H2,(H,18,19,20). The number of H-pyrrole nitrogens is 1. The molecule has 5 aliphatic rings. The quantitative estimate of drug-likeness (QED) is 0.853. The second-order valence-electron chi connectivity index (χ2n) is 7.89. The first kappa shape index (κ1) is 11.5. The molecule has 0 spiro atoms. The lowest BCUT2D eigenvalue weighted by atomic mass is 9.49. The van der Waals surface area contributed by atoms with Crippen molar-refractivity contribution < 1.29 is 0 Å². The molecule has 4 fully saturated rings. The van der Waals surface area contributed by atoms with Crippen LogP contribution in [0.4, 0.5) is 0 Å². The molecule has 5 aliphatic carbocycles. The predicted molar refractivity (Wildman–Crippen MR) is 76.7 cm³/mol. The predicted octanol–water partition coefficient (Wildman–Crippen LogP) is 2.73. The molecule has 0 aromatic carbocycles. The second kappa shape index (κ2) is 3.75. The van der Waals surface area contributed by atoms with Gasteiger partial charge in [0.05, 0.1) is 5.69 Å². The molecule has 1 aromatic heterocycles. The number of aryl methyl sites for hydroxylation is 1. The summed E-state index contributed by atoms with van der Waals surface area (Å²) in [6.45, 7) is 0. The van der Waals surface area contributed by atoms with Gasteiger partial charge in [0.25, 0.3) is 5.56 Å². The Morgan fingerprint density at radius 2 is 1.65 bits per heavy atom. The summed E-state index contributed by atoms with van der Waals surface area (Å²) >= 11 is 0. The summed E-state index contributed by atoms with van der Waals surface area (Å²) in [6, 6.07) is 0. The fourth-order valence-corrected chi connectivity index (χ4v) is 6.09. The molecule has 0 unspecified atom stereocenters. The molecule has 4 saturated carbocycles. The van der Waals surface area contributed by atoms with Crippen molar-refractivity contribution in [1.29, 1.82) is 0 Å². The van der Waals surface area contributed by atoms with E-state index in [1.807, 2.05) is 0 Å². The Bertz CT molecular complexity index is 595. The van der Waals surface area contributed by atoms with E-state index in [1.165, 1.54) is 38.5 Å². The third-order valence-electron chi connectivity index (χ3n) is 6.48. The molecule has 106 valence electrons. The Morgan fingerprint density at radius 1 is 1.00 bits per heavy atom. The monoisotopic (exact) mass is 270 g/mol. The van der Waals surface area contributed by atoms with E-state index in [9.17, 15) is 4.79 Å². The summed E-state index contributed by atoms with van der Waals surface area (Å²) in [5, 5.41) is 0. The first-order valence-corrected chi connectivity index (χ1v) is 8.34. The van der Waals surface area contributed by atoms with Gasteiger partial charge in [0.2, 0.25) is 0 Å². The molecule has 0 aliphatic heterocycles. The molecular formula is C17H22N2O. The van der Waals surface area contributed by atoms with E-state index in [1.54, 1.807) is 0 Å². The summed E-state index contributed by atoms with van der Waals surface area (Å²) in [5.41, 5.74) is 2.47. The van der Waals surface area contributed by atoms with Gasteiger partial charge in [-0.15, -0.1) is 0 Å². The van der Waals surface area contributed by atoms with E-state index in [2.05, 4.69) is 4.98 Å². The molecule has 1 aromatic rings. The highest BCUT2D eigenvalue weighted by atomic mass is 16.1. The minimum absolute atomic E-state index is 0.165. The lowest BCUT2D eigenvalue weighted by Gasteiger charge is -2.56. The first-order valence-electron chi connectivity index (χ1n) is 8.34. The number of rotatable bonds is 1. The van der Waals surface area contributed by atoms with Gasteiger partial charge in [0.15, 0.2) is 0 Å².